The molecule has 0 saturated heterocycles. The number of fused-ring (bicyclic) bond motifs is 1. The van der Waals surface area contributed by atoms with Gasteiger partial charge < -0.3 is 27.0 Å². The predicted octanol–water partition coefficient (Wildman–Crippen LogP) is 9.03. The summed E-state index contributed by atoms with van der Waals surface area (Å²) in [6, 6.07) is 8.36. The van der Waals surface area contributed by atoms with Gasteiger partial charge in [0.15, 0.2) is 0 Å². The molecule has 1 fully saturated rings. The molecule has 278 valence electrons. The minimum atomic E-state index is -1.30. The Morgan fingerprint density at radius 3 is 1.76 bits per heavy atom. The third-order valence-electron chi connectivity index (χ3n) is 9.52. The van der Waals surface area contributed by atoms with Gasteiger partial charge in [-0.3, -0.25) is 6.08 Å². The van der Waals surface area contributed by atoms with E-state index in [0.29, 0.717) is 18.8 Å². The van der Waals surface area contributed by atoms with Gasteiger partial charge in [0.25, 0.3) is 0 Å². The van der Waals surface area contributed by atoms with E-state index in [0.717, 1.165) is 55.4 Å². The zero-order chi connectivity index (χ0) is 37.3. The summed E-state index contributed by atoms with van der Waals surface area (Å²) in [5.41, 5.74) is 2.52. The molecule has 0 amide bonds. The topological polar surface area (TPSA) is 78.2 Å². The van der Waals surface area contributed by atoms with Crippen LogP contribution in [0, 0.1) is 61.8 Å². The monoisotopic (exact) mass is 695 g/mol. The zero-order valence-electron chi connectivity index (χ0n) is 33.9. The molecule has 1 aromatic rings. The number of ketones is 2. The largest absolute Gasteiger partial charge is 1.00 e. The number of aliphatic hydroxyl groups excluding tert-OH is 1. The van der Waals surface area contributed by atoms with Crippen LogP contribution in [0.1, 0.15) is 157 Å². The Morgan fingerprint density at radius 2 is 1.47 bits per heavy atom. The number of carbonyl (C=O) groups is 2. The van der Waals surface area contributed by atoms with Crippen LogP contribution >= 0.6 is 0 Å². The summed E-state index contributed by atoms with van der Waals surface area (Å²) >= 11 is 0. The molecule has 0 aliphatic heterocycles. The number of hydrogen-bond donors (Lipinski definition) is 2. The van der Waals surface area contributed by atoms with Crippen molar-refractivity contribution in [3.8, 4) is 0 Å². The molecule has 1 saturated carbocycles. The molecule has 6 heteroatoms. The maximum Gasteiger partial charge on any atom is 1.00 e. The van der Waals surface area contributed by atoms with Gasteiger partial charge in [-0.1, -0.05) is 143 Å². The predicted molar refractivity (Wildman–Crippen MR) is 205 cm³/mol. The number of Topliss-reactive ketones (excluding diaryl/α,β-unsaturated/α-hetero) is 2. The van der Waals surface area contributed by atoms with E-state index in [9.17, 15) is 14.0 Å². The number of alkyl halides is 1. The number of rotatable bonds is 16. The van der Waals surface area contributed by atoms with E-state index >= 15 is 0 Å². The van der Waals surface area contributed by atoms with Crippen molar-refractivity contribution >= 4 is 17.3 Å². The summed E-state index contributed by atoms with van der Waals surface area (Å²) in [7, 11) is 0. The van der Waals surface area contributed by atoms with Crippen molar-refractivity contribution in [1.29, 1.82) is 5.41 Å². The van der Waals surface area contributed by atoms with Crippen molar-refractivity contribution in [3.05, 3.63) is 54.0 Å². The Balaban J connectivity index is -0.000000546. The molecule has 4 atom stereocenters. The van der Waals surface area contributed by atoms with Crippen molar-refractivity contribution in [3.63, 3.8) is 0 Å². The van der Waals surface area contributed by atoms with Crippen molar-refractivity contribution in [2.45, 2.75) is 165 Å². The minimum absolute atomic E-state index is 0. The van der Waals surface area contributed by atoms with Crippen LogP contribution in [-0.2, 0) is 9.59 Å². The minimum Gasteiger partial charge on any atom is -0.393 e. The van der Waals surface area contributed by atoms with Gasteiger partial charge in [0.1, 0.15) is 5.67 Å². The van der Waals surface area contributed by atoms with E-state index in [1.165, 1.54) is 56.6 Å². The molecule has 2 aliphatic carbocycles. The first-order chi connectivity index (χ1) is 22.6. The van der Waals surface area contributed by atoms with Gasteiger partial charge in [-0.25, -0.2) is 4.39 Å². The van der Waals surface area contributed by atoms with E-state index in [1.54, 1.807) is 0 Å². The number of hydrogen-bond acceptors (Lipinski definition) is 4. The summed E-state index contributed by atoms with van der Waals surface area (Å²) in [6.45, 7) is 25.6. The SMILES string of the molecule is CC(=O)C(=N)C1=[C-]CC2CC12.CCCC(CCC)C(C)CC.CCCCCC(F)(CO)CCC.Cc1ccccc1C.[CH2-]C(=O)C(C)C.[Na+]. The van der Waals surface area contributed by atoms with Crippen LogP contribution < -0.4 is 29.6 Å². The molecular formula is C43H74FNNaO3-. The Hall–Kier alpha value is -1.27. The quantitative estimate of drug-likeness (QED) is 0.0785. The Labute approximate surface area is 325 Å². The number of halogens is 1. The first-order valence-electron chi connectivity index (χ1n) is 19.0. The van der Waals surface area contributed by atoms with Gasteiger partial charge >= 0.3 is 29.6 Å². The molecule has 4 nitrogen and oxygen atoms in total. The zero-order valence-corrected chi connectivity index (χ0v) is 35.9. The normalized spacial score (nSPS) is 17.0. The van der Waals surface area contributed by atoms with Crippen LogP contribution in [0.2, 0.25) is 0 Å². The van der Waals surface area contributed by atoms with Crippen LogP contribution in [0.4, 0.5) is 4.39 Å². The molecule has 0 aromatic heterocycles. The number of allylic oxidation sites excluding steroid dienone is 2. The molecular weight excluding hydrogens is 620 g/mol. The molecule has 49 heavy (non-hydrogen) atoms. The maximum atomic E-state index is 13.6. The van der Waals surface area contributed by atoms with Crippen molar-refractivity contribution in [2.75, 3.05) is 6.61 Å². The summed E-state index contributed by atoms with van der Waals surface area (Å²) in [6.07, 6.45) is 17.1. The molecule has 2 aliphatic rings. The molecule has 0 heterocycles. The molecule has 3 rings (SSSR count). The van der Waals surface area contributed by atoms with Crippen LogP contribution in [0.15, 0.2) is 29.8 Å². The van der Waals surface area contributed by atoms with Crippen molar-refractivity contribution in [2.24, 2.45) is 29.6 Å². The van der Waals surface area contributed by atoms with Crippen LogP contribution in [0.3, 0.4) is 0 Å². The fraction of sp³-hybridized carbons (Fsp3) is 0.721. The van der Waals surface area contributed by atoms with E-state index in [4.69, 9.17) is 10.5 Å². The van der Waals surface area contributed by atoms with Gasteiger partial charge in [0.2, 0.25) is 0 Å². The number of carbonyl (C=O) groups excluding carboxylic acids is 2. The molecule has 2 N–H and O–H groups in total. The van der Waals surface area contributed by atoms with Gasteiger partial charge in [0, 0.05) is 0 Å². The second-order valence-electron chi connectivity index (χ2n) is 14.3. The molecule has 1 aromatic carbocycles. The number of unbranched alkanes of at least 4 members (excludes halogenated alkanes) is 2. The second kappa shape index (κ2) is 30.4. The second-order valence-corrected chi connectivity index (χ2v) is 14.3. The number of benzene rings is 1. The standard InChI is InChI=1S/C11H24.C10H21FO.C9H10NO.C8H10.C5H9O.Na/c1-5-8-11(9-6-2)10(4)7-3;1-3-5-6-8-10(11,9-12)7-4-2;1-5(11)9(10)7-3-2-6-4-8(6)7;1-7-5-3-4-6-8(7)2;1-4(2)5(3)6;/h10-11H,5-9H2,1-4H3;12H,3-9H2,1-2H3;6,8,10H,2,4H2,1H3;3-6H,1-2H3;4H,3H2,1-2H3;/q;;-1;;-1;+1. The van der Waals surface area contributed by atoms with Gasteiger partial charge in [-0.15, -0.1) is 6.42 Å². The smallest absolute Gasteiger partial charge is 0.393 e. The molecule has 0 spiro atoms. The van der Waals surface area contributed by atoms with Crippen molar-refractivity contribution in [1.82, 2.24) is 0 Å². The first kappa shape index (κ1) is 52.1. The molecule has 4 unspecified atom stereocenters. The van der Waals surface area contributed by atoms with E-state index in [-0.39, 0.29) is 59.4 Å². The third-order valence-corrected chi connectivity index (χ3v) is 9.52. The Bertz CT molecular complexity index is 1030. The number of aliphatic hydroxyl groups is 1. The summed E-state index contributed by atoms with van der Waals surface area (Å²) in [5, 5.41) is 16.3. The maximum absolute atomic E-state index is 13.6. The van der Waals surface area contributed by atoms with Crippen molar-refractivity contribution < 1.29 is 48.6 Å². The first-order valence-corrected chi connectivity index (χ1v) is 19.0. The fourth-order valence-corrected chi connectivity index (χ4v) is 5.54. The third kappa shape index (κ3) is 24.5. The van der Waals surface area contributed by atoms with E-state index < -0.39 is 5.67 Å². The van der Waals surface area contributed by atoms with Crippen LogP contribution in [0.5, 0.6) is 0 Å². The average Bonchev–Trinajstić information content (AvgIpc) is 3.71. The van der Waals surface area contributed by atoms with E-state index in [2.05, 4.69) is 85.7 Å². The van der Waals surface area contributed by atoms with E-state index in [1.807, 2.05) is 20.8 Å². The number of aryl methyl sites for hydroxylation is 2. The summed E-state index contributed by atoms with van der Waals surface area (Å²) < 4.78 is 13.6. The number of nitrogens with one attached hydrogen (secondary N) is 1. The summed E-state index contributed by atoms with van der Waals surface area (Å²) in [4.78, 5) is 20.8. The van der Waals surface area contributed by atoms with Gasteiger partial charge in [-0.2, -0.15) is 5.57 Å². The summed E-state index contributed by atoms with van der Waals surface area (Å²) in [5.74, 6) is 3.17. The van der Waals surface area contributed by atoms with Crippen LogP contribution in [-0.4, -0.2) is 34.7 Å². The molecule has 0 radical (unpaired) electrons. The average molecular weight is 695 g/mol. The molecule has 0 bridgehead atoms. The van der Waals surface area contributed by atoms with Gasteiger partial charge in [-0.05, 0) is 86.5 Å². The fourth-order valence-electron chi connectivity index (χ4n) is 5.54. The Kier molecular flexibility index (Phi) is 32.3. The van der Waals surface area contributed by atoms with Crippen LogP contribution in [0.25, 0.3) is 0 Å². The van der Waals surface area contributed by atoms with Gasteiger partial charge in [0.05, 0.1) is 12.4 Å². The Morgan fingerprint density at radius 1 is 0.959 bits per heavy atom.